The first-order valence-electron chi connectivity index (χ1n) is 8.38. The van der Waals surface area contributed by atoms with Gasteiger partial charge in [-0.2, -0.15) is 0 Å². The van der Waals surface area contributed by atoms with Gasteiger partial charge in [0.15, 0.2) is 0 Å². The number of fused-ring (bicyclic) bond motifs is 2. The van der Waals surface area contributed by atoms with Crippen LogP contribution in [0.25, 0.3) is 0 Å². The highest BCUT2D eigenvalue weighted by Gasteiger charge is 2.41. The van der Waals surface area contributed by atoms with E-state index in [1.807, 2.05) is 24.7 Å². The molecule has 2 atom stereocenters. The lowest BCUT2D eigenvalue weighted by molar-refractivity contribution is 0.0943. The van der Waals surface area contributed by atoms with Crippen LogP contribution < -0.4 is 0 Å². The molecule has 6 nitrogen and oxygen atoms in total. The van der Waals surface area contributed by atoms with Crippen molar-refractivity contribution in [2.45, 2.75) is 57.0 Å². The lowest BCUT2D eigenvalue weighted by Crippen LogP contribution is -2.43. The van der Waals surface area contributed by atoms with Crippen molar-refractivity contribution in [1.82, 2.24) is 24.9 Å². The highest BCUT2D eigenvalue weighted by atomic mass is 16.5. The summed E-state index contributed by atoms with van der Waals surface area (Å²) >= 11 is 0. The molecule has 6 heteroatoms. The van der Waals surface area contributed by atoms with Gasteiger partial charge < -0.3 is 4.74 Å². The van der Waals surface area contributed by atoms with E-state index >= 15 is 0 Å². The van der Waals surface area contributed by atoms with E-state index in [0.717, 1.165) is 25.1 Å². The van der Waals surface area contributed by atoms with E-state index in [1.165, 1.54) is 18.4 Å². The summed E-state index contributed by atoms with van der Waals surface area (Å²) in [5.74, 6) is 0. The maximum Gasteiger partial charge on any atom is 0.108 e. The van der Waals surface area contributed by atoms with Crippen LogP contribution in [0.5, 0.6) is 0 Å². The number of nitrogens with zero attached hydrogens (tertiary/aromatic N) is 5. The van der Waals surface area contributed by atoms with Crippen molar-refractivity contribution < 1.29 is 4.74 Å². The minimum absolute atomic E-state index is 0.468. The molecule has 4 rings (SSSR count). The van der Waals surface area contributed by atoms with Crippen LogP contribution >= 0.6 is 0 Å². The van der Waals surface area contributed by atoms with Crippen LogP contribution in [-0.2, 0) is 17.9 Å². The molecule has 23 heavy (non-hydrogen) atoms. The Labute approximate surface area is 136 Å². The molecule has 0 aromatic carbocycles. The smallest absolute Gasteiger partial charge is 0.108 e. The van der Waals surface area contributed by atoms with Gasteiger partial charge in [-0.25, -0.2) is 4.68 Å². The lowest BCUT2D eigenvalue weighted by Gasteiger charge is -2.38. The molecule has 0 N–H and O–H groups in total. The summed E-state index contributed by atoms with van der Waals surface area (Å²) in [6.45, 7) is 1.55. The van der Waals surface area contributed by atoms with Crippen molar-refractivity contribution in [2.24, 2.45) is 0 Å². The second-order valence-electron chi connectivity index (χ2n) is 6.67. The Balaban J connectivity index is 1.44. The van der Waals surface area contributed by atoms with Gasteiger partial charge in [0.05, 0.1) is 18.8 Å². The summed E-state index contributed by atoms with van der Waals surface area (Å²) in [6, 6.07) is 5.96. The summed E-state index contributed by atoms with van der Waals surface area (Å²) in [4.78, 5) is 6.91. The molecule has 0 spiro atoms. The quantitative estimate of drug-likeness (QED) is 0.847. The van der Waals surface area contributed by atoms with Crippen LogP contribution in [0.3, 0.4) is 0 Å². The van der Waals surface area contributed by atoms with Gasteiger partial charge in [-0.15, -0.1) is 5.10 Å². The third kappa shape index (κ3) is 3.01. The predicted molar refractivity (Wildman–Crippen MR) is 85.6 cm³/mol. The maximum atomic E-state index is 5.14. The zero-order valence-corrected chi connectivity index (χ0v) is 13.5. The number of rotatable bonds is 5. The Morgan fingerprint density at radius 2 is 2.04 bits per heavy atom. The summed E-state index contributed by atoms with van der Waals surface area (Å²) in [5.41, 5.74) is 2.23. The molecule has 0 amide bonds. The van der Waals surface area contributed by atoms with E-state index in [1.54, 1.807) is 7.11 Å². The molecule has 2 aliphatic rings. The largest absolute Gasteiger partial charge is 0.378 e. The first kappa shape index (κ1) is 14.8. The number of pyridine rings is 1. The summed E-state index contributed by atoms with van der Waals surface area (Å²) in [7, 11) is 1.69. The van der Waals surface area contributed by atoms with Gasteiger partial charge in [0.2, 0.25) is 0 Å². The molecule has 0 radical (unpaired) electrons. The van der Waals surface area contributed by atoms with Crippen molar-refractivity contribution in [3.05, 3.63) is 42.0 Å². The molecule has 2 bridgehead atoms. The fourth-order valence-corrected chi connectivity index (χ4v) is 4.13. The van der Waals surface area contributed by atoms with Gasteiger partial charge in [-0.1, -0.05) is 11.3 Å². The number of hydrogen-bond donors (Lipinski definition) is 0. The van der Waals surface area contributed by atoms with Crippen molar-refractivity contribution in [1.29, 1.82) is 0 Å². The van der Waals surface area contributed by atoms with Gasteiger partial charge in [-0.05, 0) is 37.3 Å². The number of hydrogen-bond acceptors (Lipinski definition) is 5. The third-order valence-electron chi connectivity index (χ3n) is 5.17. The number of ether oxygens (including phenoxy) is 1. The van der Waals surface area contributed by atoms with E-state index in [0.29, 0.717) is 24.7 Å². The Bertz CT molecular complexity index is 629. The van der Waals surface area contributed by atoms with Crippen LogP contribution in [0.2, 0.25) is 0 Å². The molecule has 0 aliphatic carbocycles. The van der Waals surface area contributed by atoms with Crippen LogP contribution in [-0.4, -0.2) is 44.1 Å². The summed E-state index contributed by atoms with van der Waals surface area (Å²) in [5, 5.41) is 8.53. The van der Waals surface area contributed by atoms with Crippen LogP contribution in [0.1, 0.15) is 43.0 Å². The van der Waals surface area contributed by atoms with Crippen LogP contribution in [0.4, 0.5) is 0 Å². The maximum absolute atomic E-state index is 5.14. The van der Waals surface area contributed by atoms with Crippen molar-refractivity contribution in [2.75, 3.05) is 7.11 Å². The molecule has 122 valence electrons. The summed E-state index contributed by atoms with van der Waals surface area (Å²) < 4.78 is 7.19. The van der Waals surface area contributed by atoms with E-state index in [-0.39, 0.29) is 0 Å². The molecule has 2 aromatic rings. The SMILES string of the molecule is COCc1cn(C2CC3CCC(C2)N3Cc2cccnc2)nn1. The average Bonchev–Trinajstić information content (AvgIpc) is 3.11. The molecule has 4 heterocycles. The first-order chi connectivity index (χ1) is 11.3. The topological polar surface area (TPSA) is 56.1 Å². The molecule has 2 aromatic heterocycles. The van der Waals surface area contributed by atoms with Crippen molar-refractivity contribution >= 4 is 0 Å². The van der Waals surface area contributed by atoms with Gasteiger partial charge in [0.1, 0.15) is 5.69 Å². The minimum atomic E-state index is 0.468. The number of piperidine rings is 1. The van der Waals surface area contributed by atoms with E-state index in [9.17, 15) is 0 Å². The Hall–Kier alpha value is -1.79. The third-order valence-corrected chi connectivity index (χ3v) is 5.17. The molecule has 2 saturated heterocycles. The fourth-order valence-electron chi connectivity index (χ4n) is 4.13. The average molecular weight is 313 g/mol. The Morgan fingerprint density at radius 3 is 2.74 bits per heavy atom. The van der Waals surface area contributed by atoms with Crippen molar-refractivity contribution in [3.8, 4) is 0 Å². The lowest BCUT2D eigenvalue weighted by atomic mass is 9.97. The van der Waals surface area contributed by atoms with Gasteiger partial charge in [0, 0.05) is 38.1 Å². The monoisotopic (exact) mass is 313 g/mol. The number of aromatic nitrogens is 4. The highest BCUT2D eigenvalue weighted by molar-refractivity contribution is 5.10. The second kappa shape index (κ2) is 6.37. The highest BCUT2D eigenvalue weighted by Crippen LogP contribution is 2.41. The zero-order valence-electron chi connectivity index (χ0n) is 13.5. The van der Waals surface area contributed by atoms with Gasteiger partial charge in [-0.3, -0.25) is 9.88 Å². The normalized spacial score (nSPS) is 27.4. The Kier molecular flexibility index (Phi) is 4.10. The second-order valence-corrected chi connectivity index (χ2v) is 6.67. The van der Waals surface area contributed by atoms with Crippen molar-refractivity contribution in [3.63, 3.8) is 0 Å². The van der Waals surface area contributed by atoms with Gasteiger partial charge >= 0.3 is 0 Å². The molecule has 2 unspecified atom stereocenters. The van der Waals surface area contributed by atoms with Crippen LogP contribution in [0, 0.1) is 0 Å². The standard InChI is InChI=1S/C17H23N5O/c1-23-12-14-11-22(20-19-14)17-7-15-4-5-16(8-17)21(15)10-13-3-2-6-18-9-13/h2-3,6,9,11,15-17H,4-5,7-8,10,12H2,1H3. The molecule has 2 fully saturated rings. The number of methoxy groups -OCH3 is 1. The van der Waals surface area contributed by atoms with E-state index in [2.05, 4.69) is 30.9 Å². The first-order valence-corrected chi connectivity index (χ1v) is 8.38. The van der Waals surface area contributed by atoms with Crippen LogP contribution in [0.15, 0.2) is 30.7 Å². The predicted octanol–water partition coefficient (Wildman–Crippen LogP) is 2.19. The molecule has 2 aliphatic heterocycles. The van der Waals surface area contributed by atoms with E-state index in [4.69, 9.17) is 4.74 Å². The van der Waals surface area contributed by atoms with E-state index < -0.39 is 0 Å². The zero-order chi connectivity index (χ0) is 15.6. The Morgan fingerprint density at radius 1 is 1.22 bits per heavy atom. The summed E-state index contributed by atoms with van der Waals surface area (Å²) in [6.07, 6.45) is 10.8. The van der Waals surface area contributed by atoms with Gasteiger partial charge in [0.25, 0.3) is 0 Å². The fraction of sp³-hybridized carbons (Fsp3) is 0.588. The molecular weight excluding hydrogens is 290 g/mol. The molecular formula is C17H23N5O. The molecule has 0 saturated carbocycles. The minimum Gasteiger partial charge on any atom is -0.378 e.